The van der Waals surface area contributed by atoms with Crippen LogP contribution in [0.3, 0.4) is 0 Å². The van der Waals surface area contributed by atoms with Gasteiger partial charge in [-0.15, -0.1) is 0 Å². The van der Waals surface area contributed by atoms with Crippen molar-refractivity contribution in [3.63, 3.8) is 0 Å². The molecule has 1 rings (SSSR count). The maximum atomic E-state index is 12.1. The zero-order valence-electron chi connectivity index (χ0n) is 12.4. The highest BCUT2D eigenvalue weighted by Crippen LogP contribution is 2.21. The van der Waals surface area contributed by atoms with Crippen molar-refractivity contribution < 1.29 is 4.79 Å². The number of ketones is 1. The van der Waals surface area contributed by atoms with E-state index in [0.717, 1.165) is 31.4 Å². The molecule has 0 amide bonds. The highest BCUT2D eigenvalue weighted by molar-refractivity contribution is 5.95. The maximum absolute atomic E-state index is 12.1. The van der Waals surface area contributed by atoms with E-state index in [1.165, 1.54) is 0 Å². The summed E-state index contributed by atoms with van der Waals surface area (Å²) in [5, 5.41) is 4.20. The average Bonchev–Trinajstić information content (AvgIpc) is 2.83. The number of nitrogens with zero attached hydrogens (tertiary/aromatic N) is 2. The molecule has 4 heteroatoms. The molecule has 1 unspecified atom stereocenters. The van der Waals surface area contributed by atoms with E-state index in [-0.39, 0.29) is 5.78 Å². The van der Waals surface area contributed by atoms with Crippen LogP contribution in [-0.4, -0.2) is 22.1 Å². The molecular formula is C15H27N3O. The maximum Gasteiger partial charge on any atom is 0.166 e. The molecule has 0 radical (unpaired) electrons. The quantitative estimate of drug-likeness (QED) is 0.698. The van der Waals surface area contributed by atoms with E-state index in [9.17, 15) is 4.79 Å². The first-order valence-electron chi connectivity index (χ1n) is 7.34. The third kappa shape index (κ3) is 5.15. The van der Waals surface area contributed by atoms with Gasteiger partial charge in [0.05, 0.1) is 11.8 Å². The predicted molar refractivity (Wildman–Crippen MR) is 78.1 cm³/mol. The number of nitrogens with two attached hydrogens (primary N) is 1. The second kappa shape index (κ2) is 8.10. The fraction of sp³-hybridized carbons (Fsp3) is 0.733. The molecule has 4 nitrogen and oxygen atoms in total. The predicted octanol–water partition coefficient (Wildman–Crippen LogP) is 2.88. The molecule has 0 aliphatic carbocycles. The van der Waals surface area contributed by atoms with Crippen LogP contribution in [0.15, 0.2) is 12.4 Å². The topological polar surface area (TPSA) is 60.9 Å². The van der Waals surface area contributed by atoms with Crippen LogP contribution in [0.25, 0.3) is 0 Å². The van der Waals surface area contributed by atoms with Gasteiger partial charge in [0.2, 0.25) is 0 Å². The monoisotopic (exact) mass is 265 g/mol. The summed E-state index contributed by atoms with van der Waals surface area (Å²) >= 11 is 0. The number of aryl methyl sites for hydroxylation is 1. The lowest BCUT2D eigenvalue weighted by Gasteiger charge is -2.19. The molecule has 2 N–H and O–H groups in total. The van der Waals surface area contributed by atoms with E-state index in [2.05, 4.69) is 25.9 Å². The van der Waals surface area contributed by atoms with Crippen molar-refractivity contribution in [3.05, 3.63) is 18.0 Å². The van der Waals surface area contributed by atoms with Crippen molar-refractivity contribution in [2.24, 2.45) is 17.6 Å². The number of hydrogen-bond donors (Lipinski definition) is 1. The van der Waals surface area contributed by atoms with E-state index < -0.39 is 0 Å². The van der Waals surface area contributed by atoms with E-state index in [1.807, 2.05) is 10.9 Å². The highest BCUT2D eigenvalue weighted by atomic mass is 16.1. The Kier molecular flexibility index (Phi) is 6.78. The van der Waals surface area contributed by atoms with Gasteiger partial charge in [0.1, 0.15) is 0 Å². The molecule has 0 aliphatic heterocycles. The van der Waals surface area contributed by atoms with Gasteiger partial charge in [0, 0.05) is 19.2 Å². The summed E-state index contributed by atoms with van der Waals surface area (Å²) in [5.41, 5.74) is 6.36. The van der Waals surface area contributed by atoms with E-state index in [4.69, 9.17) is 5.73 Å². The minimum absolute atomic E-state index is 0.199. The number of carbonyl (C=O) groups is 1. The van der Waals surface area contributed by atoms with Crippen LogP contribution in [-0.2, 0) is 6.54 Å². The van der Waals surface area contributed by atoms with Gasteiger partial charge in [-0.05, 0) is 37.6 Å². The molecule has 19 heavy (non-hydrogen) atoms. The van der Waals surface area contributed by atoms with Crippen molar-refractivity contribution in [1.29, 1.82) is 0 Å². The fourth-order valence-corrected chi connectivity index (χ4v) is 2.34. The Balaban J connectivity index is 2.49. The molecule has 1 aromatic heterocycles. The number of carbonyl (C=O) groups excluding carboxylic acids is 1. The summed E-state index contributed by atoms with van der Waals surface area (Å²) in [6.07, 6.45) is 7.10. The van der Waals surface area contributed by atoms with Gasteiger partial charge >= 0.3 is 0 Å². The van der Waals surface area contributed by atoms with Crippen LogP contribution in [0.1, 0.15) is 56.8 Å². The van der Waals surface area contributed by atoms with Crippen molar-refractivity contribution >= 4 is 5.78 Å². The lowest BCUT2D eigenvalue weighted by Crippen LogP contribution is -2.15. The number of Topliss-reactive ketones (excluding diaryl/α,β-unsaturated/α-hetero) is 1. The Morgan fingerprint density at radius 1 is 1.42 bits per heavy atom. The van der Waals surface area contributed by atoms with Crippen molar-refractivity contribution in [1.82, 2.24) is 9.78 Å². The molecule has 0 fully saturated rings. The van der Waals surface area contributed by atoms with Crippen LogP contribution in [0, 0.1) is 11.8 Å². The molecule has 0 spiro atoms. The third-order valence-corrected chi connectivity index (χ3v) is 3.63. The van der Waals surface area contributed by atoms with Gasteiger partial charge in [-0.25, -0.2) is 0 Å². The summed E-state index contributed by atoms with van der Waals surface area (Å²) in [6.45, 7) is 8.07. The average molecular weight is 265 g/mol. The van der Waals surface area contributed by atoms with E-state index in [0.29, 0.717) is 24.8 Å². The summed E-state index contributed by atoms with van der Waals surface area (Å²) in [7, 11) is 0. The molecule has 0 saturated carbocycles. The summed E-state index contributed by atoms with van der Waals surface area (Å²) in [5.74, 6) is 1.32. The minimum atomic E-state index is 0.199. The largest absolute Gasteiger partial charge is 0.330 e. The first-order chi connectivity index (χ1) is 9.08. The summed E-state index contributed by atoms with van der Waals surface area (Å²) in [4.78, 5) is 12.1. The molecular weight excluding hydrogens is 238 g/mol. The number of hydrogen-bond acceptors (Lipinski definition) is 3. The Bertz CT molecular complexity index is 384. The Morgan fingerprint density at radius 3 is 2.74 bits per heavy atom. The van der Waals surface area contributed by atoms with Gasteiger partial charge in [-0.3, -0.25) is 9.48 Å². The molecule has 108 valence electrons. The molecule has 0 saturated heterocycles. The summed E-state index contributed by atoms with van der Waals surface area (Å²) < 4.78 is 1.84. The van der Waals surface area contributed by atoms with Crippen LogP contribution in [0.5, 0.6) is 0 Å². The van der Waals surface area contributed by atoms with Crippen LogP contribution in [0.2, 0.25) is 0 Å². The van der Waals surface area contributed by atoms with E-state index >= 15 is 0 Å². The summed E-state index contributed by atoms with van der Waals surface area (Å²) in [6, 6.07) is 0. The molecule has 1 heterocycles. The zero-order valence-corrected chi connectivity index (χ0v) is 12.4. The lowest BCUT2D eigenvalue weighted by atomic mass is 9.87. The Hall–Kier alpha value is -1.16. The number of rotatable bonds is 9. The van der Waals surface area contributed by atoms with Gasteiger partial charge in [-0.2, -0.15) is 5.10 Å². The SMILES string of the molecule is CCCn1cc(C(=O)CCC(CCN)C(C)C)cn1. The van der Waals surface area contributed by atoms with Gasteiger partial charge < -0.3 is 5.73 Å². The number of aromatic nitrogens is 2. The molecule has 1 aromatic rings. The molecule has 1 atom stereocenters. The molecule has 0 aliphatic rings. The standard InChI is InChI=1S/C15H27N3O/c1-4-9-18-11-14(10-17-18)15(19)6-5-13(7-8-16)12(2)3/h10-13H,4-9,16H2,1-3H3. The van der Waals surface area contributed by atoms with Gasteiger partial charge in [0.15, 0.2) is 5.78 Å². The van der Waals surface area contributed by atoms with Crippen LogP contribution in [0.4, 0.5) is 0 Å². The van der Waals surface area contributed by atoms with Gasteiger partial charge in [-0.1, -0.05) is 20.8 Å². The van der Waals surface area contributed by atoms with Crippen molar-refractivity contribution in [2.75, 3.05) is 6.54 Å². The first-order valence-corrected chi connectivity index (χ1v) is 7.34. The zero-order chi connectivity index (χ0) is 14.3. The normalized spacial score (nSPS) is 12.9. The smallest absolute Gasteiger partial charge is 0.166 e. The second-order valence-electron chi connectivity index (χ2n) is 5.54. The van der Waals surface area contributed by atoms with E-state index in [1.54, 1.807) is 6.20 Å². The van der Waals surface area contributed by atoms with Gasteiger partial charge in [0.25, 0.3) is 0 Å². The van der Waals surface area contributed by atoms with Crippen LogP contribution >= 0.6 is 0 Å². The van der Waals surface area contributed by atoms with Crippen LogP contribution < -0.4 is 5.73 Å². The van der Waals surface area contributed by atoms with Crippen molar-refractivity contribution in [3.8, 4) is 0 Å². The lowest BCUT2D eigenvalue weighted by molar-refractivity contribution is 0.0969. The second-order valence-corrected chi connectivity index (χ2v) is 5.54. The minimum Gasteiger partial charge on any atom is -0.330 e. The molecule has 0 aromatic carbocycles. The van der Waals surface area contributed by atoms with Crippen molar-refractivity contribution in [2.45, 2.75) is 53.0 Å². The highest BCUT2D eigenvalue weighted by Gasteiger charge is 2.16. The third-order valence-electron chi connectivity index (χ3n) is 3.63. The Morgan fingerprint density at radius 2 is 2.16 bits per heavy atom. The Labute approximate surface area is 116 Å². The fourth-order valence-electron chi connectivity index (χ4n) is 2.34. The molecule has 0 bridgehead atoms. The first kappa shape index (κ1) is 15.9.